The van der Waals surface area contributed by atoms with Crippen LogP contribution in [0.1, 0.15) is 64.2 Å². The predicted octanol–water partition coefficient (Wildman–Crippen LogP) is 4.03. The summed E-state index contributed by atoms with van der Waals surface area (Å²) in [5, 5.41) is 20.0. The summed E-state index contributed by atoms with van der Waals surface area (Å²) in [4.78, 5) is 24.5. The lowest BCUT2D eigenvalue weighted by molar-refractivity contribution is -0.153. The van der Waals surface area contributed by atoms with Crippen LogP contribution in [0.2, 0.25) is 0 Å². The average molecular weight is 465 g/mol. The van der Waals surface area contributed by atoms with Gasteiger partial charge in [-0.25, -0.2) is 0 Å². The maximum Gasteiger partial charge on any atom is 0.516 e. The molecule has 0 aromatic rings. The number of sulfonamides is 1. The van der Waals surface area contributed by atoms with Crippen molar-refractivity contribution >= 4 is 22.0 Å². The van der Waals surface area contributed by atoms with Gasteiger partial charge in [0.1, 0.15) is 0 Å². The Labute approximate surface area is 178 Å². The highest BCUT2D eigenvalue weighted by Gasteiger charge is 2.58. The van der Waals surface area contributed by atoms with Crippen LogP contribution >= 0.6 is 0 Å². The minimum absolute atomic E-state index is 0.00850. The molecule has 0 aromatic carbocycles. The van der Waals surface area contributed by atoms with Crippen LogP contribution in [0.5, 0.6) is 0 Å². The third kappa shape index (κ3) is 3.85. The molecule has 0 spiro atoms. The second-order valence-electron chi connectivity index (χ2n) is 8.63. The molecule has 2 N–H and O–H groups in total. The molecule has 1 aliphatic heterocycles. The van der Waals surface area contributed by atoms with Gasteiger partial charge in [-0.2, -0.15) is 21.6 Å². The topological polar surface area (TPSA) is 112 Å². The Kier molecular flexibility index (Phi) is 6.20. The van der Waals surface area contributed by atoms with Crippen molar-refractivity contribution in [2.45, 2.75) is 75.8 Å². The second kappa shape index (κ2) is 8.14. The van der Waals surface area contributed by atoms with Crippen LogP contribution < -0.4 is 0 Å². The monoisotopic (exact) mass is 465 g/mol. The highest BCUT2D eigenvalue weighted by Crippen LogP contribution is 2.50. The molecular weight excluding hydrogens is 439 g/mol. The number of rotatable bonds is 5. The zero-order valence-electron chi connectivity index (χ0n) is 16.9. The molecule has 174 valence electrons. The van der Waals surface area contributed by atoms with Crippen molar-refractivity contribution in [3.63, 3.8) is 0 Å². The molecule has 1 atom stereocenters. The zero-order chi connectivity index (χ0) is 23.1. The summed E-state index contributed by atoms with van der Waals surface area (Å²) >= 11 is 0. The van der Waals surface area contributed by atoms with Crippen LogP contribution in [0.15, 0.2) is 23.9 Å². The summed E-state index contributed by atoms with van der Waals surface area (Å²) in [6.07, 6.45) is 7.11. The summed E-state index contributed by atoms with van der Waals surface area (Å²) in [6, 6.07) is -1.66. The average Bonchev–Trinajstić information content (AvgIpc) is 2.73. The number of carbonyl (C=O) groups is 2. The first-order valence-electron chi connectivity index (χ1n) is 10.4. The molecule has 0 radical (unpaired) electrons. The van der Waals surface area contributed by atoms with E-state index >= 15 is 0 Å². The Morgan fingerprint density at radius 2 is 1.45 bits per heavy atom. The van der Waals surface area contributed by atoms with E-state index in [4.69, 9.17) is 0 Å². The van der Waals surface area contributed by atoms with Gasteiger partial charge in [0.25, 0.3) is 0 Å². The summed E-state index contributed by atoms with van der Waals surface area (Å²) in [6.45, 7) is 0. The van der Waals surface area contributed by atoms with E-state index < -0.39 is 44.3 Å². The lowest BCUT2D eigenvalue weighted by Gasteiger charge is -2.46. The first-order chi connectivity index (χ1) is 14.4. The van der Waals surface area contributed by atoms with E-state index in [1.54, 1.807) is 0 Å². The van der Waals surface area contributed by atoms with E-state index in [1.165, 1.54) is 6.08 Å². The number of nitrogens with zero attached hydrogens (tertiary/aromatic N) is 1. The lowest BCUT2D eigenvalue weighted by Crippen LogP contribution is -2.56. The van der Waals surface area contributed by atoms with Crippen LogP contribution in [0, 0.1) is 10.8 Å². The first kappa shape index (κ1) is 23.6. The molecule has 2 aliphatic carbocycles. The van der Waals surface area contributed by atoms with Gasteiger partial charge in [-0.05, 0) is 37.3 Å². The third-order valence-electron chi connectivity index (χ3n) is 6.99. The first-order valence-corrected chi connectivity index (χ1v) is 11.8. The Hall–Kier alpha value is -2.04. The number of hydrogen-bond donors (Lipinski definition) is 2. The standard InChI is InChI=1S/C20H26F3NO6S/c21-20(22,23)31(29,30)24-12-7-14(18(16(25)26)8-3-1-4-9-18)13-15(24)19(17(27)28)10-5-2-6-11-19/h7,12-13,15H,1-6,8-11H2,(H,25,26)(H,27,28). The maximum absolute atomic E-state index is 13.4. The summed E-state index contributed by atoms with van der Waals surface area (Å²) in [5.74, 6) is -2.51. The Bertz CT molecular complexity index is 896. The number of carboxylic acids is 2. The molecular formula is C20H26F3NO6S. The molecule has 0 amide bonds. The van der Waals surface area contributed by atoms with Gasteiger partial charge in [-0.1, -0.05) is 44.6 Å². The predicted molar refractivity (Wildman–Crippen MR) is 104 cm³/mol. The van der Waals surface area contributed by atoms with Gasteiger partial charge in [-0.15, -0.1) is 0 Å². The fourth-order valence-corrected chi connectivity index (χ4v) is 6.24. The fraction of sp³-hybridized carbons (Fsp3) is 0.700. The number of carboxylic acid groups (broad SMARTS) is 2. The number of aliphatic carboxylic acids is 2. The Morgan fingerprint density at radius 1 is 0.935 bits per heavy atom. The van der Waals surface area contributed by atoms with E-state index in [2.05, 4.69) is 0 Å². The largest absolute Gasteiger partial charge is 0.516 e. The Morgan fingerprint density at radius 3 is 1.90 bits per heavy atom. The van der Waals surface area contributed by atoms with Gasteiger partial charge >= 0.3 is 27.5 Å². The van der Waals surface area contributed by atoms with Crippen molar-refractivity contribution in [3.05, 3.63) is 23.9 Å². The van der Waals surface area contributed by atoms with Gasteiger partial charge < -0.3 is 10.2 Å². The van der Waals surface area contributed by atoms with E-state index in [0.717, 1.165) is 12.5 Å². The summed E-state index contributed by atoms with van der Waals surface area (Å²) in [7, 11) is -5.87. The van der Waals surface area contributed by atoms with Crippen molar-refractivity contribution in [3.8, 4) is 0 Å². The van der Waals surface area contributed by atoms with Gasteiger partial charge in [0.2, 0.25) is 0 Å². The second-order valence-corrected chi connectivity index (χ2v) is 10.5. The minimum Gasteiger partial charge on any atom is -0.481 e. The molecule has 3 rings (SSSR count). The SMILES string of the molecule is O=C(O)C1(C2=CC(C3(C(=O)O)CCCCC3)N(S(=O)(=O)C(F)(F)F)C=C2)CCCCC1. The van der Waals surface area contributed by atoms with Crippen molar-refractivity contribution in [2.24, 2.45) is 10.8 Å². The normalized spacial score (nSPS) is 26.2. The van der Waals surface area contributed by atoms with Crippen molar-refractivity contribution in [1.82, 2.24) is 4.31 Å². The van der Waals surface area contributed by atoms with Crippen LogP contribution in [-0.4, -0.2) is 46.4 Å². The summed E-state index contributed by atoms with van der Waals surface area (Å²) in [5.41, 5.74) is -8.56. The van der Waals surface area contributed by atoms with Crippen LogP contribution in [-0.2, 0) is 19.6 Å². The highest BCUT2D eigenvalue weighted by molar-refractivity contribution is 7.90. The van der Waals surface area contributed by atoms with Gasteiger partial charge in [0, 0.05) is 6.20 Å². The molecule has 0 bridgehead atoms. The van der Waals surface area contributed by atoms with Crippen molar-refractivity contribution in [1.29, 1.82) is 0 Å². The van der Waals surface area contributed by atoms with E-state index in [0.29, 0.717) is 38.3 Å². The molecule has 2 saturated carbocycles. The summed E-state index contributed by atoms with van der Waals surface area (Å²) < 4.78 is 65.0. The molecule has 0 saturated heterocycles. The number of alkyl halides is 3. The maximum atomic E-state index is 13.4. The smallest absolute Gasteiger partial charge is 0.481 e. The quantitative estimate of drug-likeness (QED) is 0.634. The molecule has 31 heavy (non-hydrogen) atoms. The van der Waals surface area contributed by atoms with E-state index in [9.17, 15) is 41.4 Å². The molecule has 0 aromatic heterocycles. The highest BCUT2D eigenvalue weighted by atomic mass is 32.2. The van der Waals surface area contributed by atoms with E-state index in [1.807, 2.05) is 0 Å². The molecule has 11 heteroatoms. The fourth-order valence-electron chi connectivity index (χ4n) is 5.22. The lowest BCUT2D eigenvalue weighted by atomic mass is 9.64. The van der Waals surface area contributed by atoms with Crippen LogP contribution in [0.3, 0.4) is 0 Å². The van der Waals surface area contributed by atoms with E-state index in [-0.39, 0.29) is 35.6 Å². The van der Waals surface area contributed by atoms with Crippen molar-refractivity contribution in [2.75, 3.05) is 0 Å². The third-order valence-corrected chi connectivity index (χ3v) is 8.48. The number of allylic oxidation sites excluding steroid dienone is 1. The molecule has 1 unspecified atom stereocenters. The number of halogens is 3. The molecule has 1 heterocycles. The molecule has 7 nitrogen and oxygen atoms in total. The van der Waals surface area contributed by atoms with Crippen LogP contribution in [0.25, 0.3) is 0 Å². The minimum atomic E-state index is -5.87. The number of hydrogen-bond acceptors (Lipinski definition) is 4. The molecule has 2 fully saturated rings. The van der Waals surface area contributed by atoms with Gasteiger partial charge in [0.15, 0.2) is 0 Å². The Balaban J connectivity index is 2.18. The van der Waals surface area contributed by atoms with Crippen molar-refractivity contribution < 1.29 is 41.4 Å². The van der Waals surface area contributed by atoms with Gasteiger partial charge in [0.05, 0.1) is 16.9 Å². The molecule has 3 aliphatic rings. The van der Waals surface area contributed by atoms with Gasteiger partial charge in [-0.3, -0.25) is 13.9 Å². The zero-order valence-corrected chi connectivity index (χ0v) is 17.7. The van der Waals surface area contributed by atoms with Crippen LogP contribution in [0.4, 0.5) is 13.2 Å².